The van der Waals surface area contributed by atoms with E-state index in [-0.39, 0.29) is 29.7 Å². The first-order chi connectivity index (χ1) is 15.7. The number of carbonyl (C=O) groups is 1. The fourth-order valence-corrected chi connectivity index (χ4v) is 5.46. The maximum atomic E-state index is 14.3. The lowest BCUT2D eigenvalue weighted by Crippen LogP contribution is -2.43. The largest absolute Gasteiger partial charge is 0.374 e. The van der Waals surface area contributed by atoms with Crippen LogP contribution in [0.5, 0.6) is 0 Å². The third-order valence-electron chi connectivity index (χ3n) is 7.19. The van der Waals surface area contributed by atoms with Gasteiger partial charge in [0.25, 0.3) is 0 Å². The summed E-state index contributed by atoms with van der Waals surface area (Å²) in [6, 6.07) is 4.57. The number of benzene rings is 1. The molecule has 1 aromatic carbocycles. The fourth-order valence-electron chi connectivity index (χ4n) is 5.46. The minimum absolute atomic E-state index is 0.0715. The van der Waals surface area contributed by atoms with Gasteiger partial charge in [-0.25, -0.2) is 9.37 Å². The summed E-state index contributed by atoms with van der Waals surface area (Å²) in [6.07, 6.45) is 13.3. The van der Waals surface area contributed by atoms with E-state index in [9.17, 15) is 9.18 Å². The maximum Gasteiger partial charge on any atom is 0.243 e. The molecule has 5 nitrogen and oxygen atoms in total. The molecule has 1 N–H and O–H groups in total. The van der Waals surface area contributed by atoms with Gasteiger partial charge in [-0.05, 0) is 56.2 Å². The number of ether oxygens (including phenoxy) is 1. The van der Waals surface area contributed by atoms with Gasteiger partial charge < -0.3 is 14.6 Å². The van der Waals surface area contributed by atoms with Crippen molar-refractivity contribution in [3.05, 3.63) is 29.8 Å². The van der Waals surface area contributed by atoms with E-state index < -0.39 is 0 Å². The molecule has 1 aromatic heterocycles. The van der Waals surface area contributed by atoms with E-state index in [1.807, 2.05) is 4.57 Å². The number of hydrogen-bond acceptors (Lipinski definition) is 3. The van der Waals surface area contributed by atoms with Crippen LogP contribution in [0.15, 0.2) is 18.2 Å². The summed E-state index contributed by atoms with van der Waals surface area (Å²) in [5.74, 6) is 0.743. The van der Waals surface area contributed by atoms with Crippen LogP contribution in [0.3, 0.4) is 0 Å². The van der Waals surface area contributed by atoms with Gasteiger partial charge in [-0.2, -0.15) is 0 Å². The number of halogens is 1. The Hall–Kier alpha value is -1.95. The van der Waals surface area contributed by atoms with Crippen molar-refractivity contribution in [3.8, 4) is 0 Å². The van der Waals surface area contributed by atoms with Crippen LogP contribution in [0.2, 0.25) is 0 Å². The maximum absolute atomic E-state index is 14.3. The van der Waals surface area contributed by atoms with Gasteiger partial charge in [0.05, 0.1) is 11.0 Å². The van der Waals surface area contributed by atoms with Crippen LogP contribution < -0.4 is 5.32 Å². The number of rotatable bonds is 9. The van der Waals surface area contributed by atoms with Gasteiger partial charge in [0.1, 0.15) is 24.3 Å². The van der Waals surface area contributed by atoms with E-state index in [0.717, 1.165) is 62.7 Å². The summed E-state index contributed by atoms with van der Waals surface area (Å²) < 4.78 is 22.2. The molecule has 2 saturated carbocycles. The Morgan fingerprint density at radius 2 is 1.88 bits per heavy atom. The first kappa shape index (κ1) is 23.2. The van der Waals surface area contributed by atoms with Crippen molar-refractivity contribution in [1.82, 2.24) is 14.9 Å². The first-order valence-electron chi connectivity index (χ1n) is 12.7. The van der Waals surface area contributed by atoms with Crippen LogP contribution in [-0.4, -0.2) is 28.1 Å². The van der Waals surface area contributed by atoms with Crippen molar-refractivity contribution < 1.29 is 13.9 Å². The zero-order valence-electron chi connectivity index (χ0n) is 19.5. The summed E-state index contributed by atoms with van der Waals surface area (Å²) in [5, 5.41) is 3.37. The molecule has 1 amide bonds. The number of fused-ring (bicyclic) bond motifs is 1. The molecule has 2 aromatic rings. The van der Waals surface area contributed by atoms with Gasteiger partial charge >= 0.3 is 0 Å². The van der Waals surface area contributed by atoms with Gasteiger partial charge in [-0.3, -0.25) is 4.79 Å². The van der Waals surface area contributed by atoms with Crippen molar-refractivity contribution in [3.63, 3.8) is 0 Å². The minimum atomic E-state index is -0.367. The number of unbranched alkanes of at least 4 members (excludes halogenated alkanes) is 1. The van der Waals surface area contributed by atoms with E-state index in [4.69, 9.17) is 9.72 Å². The quantitative estimate of drug-likeness (QED) is 0.479. The van der Waals surface area contributed by atoms with Crippen molar-refractivity contribution in [2.75, 3.05) is 6.61 Å². The van der Waals surface area contributed by atoms with E-state index in [1.165, 1.54) is 37.8 Å². The second kappa shape index (κ2) is 11.3. The summed E-state index contributed by atoms with van der Waals surface area (Å²) in [5.41, 5.74) is 1.43. The zero-order valence-corrected chi connectivity index (χ0v) is 19.5. The lowest BCUT2D eigenvalue weighted by Gasteiger charge is -2.33. The molecule has 0 saturated heterocycles. The van der Waals surface area contributed by atoms with Crippen molar-refractivity contribution in [2.24, 2.45) is 5.92 Å². The number of amides is 1. The highest BCUT2D eigenvalue weighted by molar-refractivity contribution is 5.85. The Bertz CT molecular complexity index is 885. The lowest BCUT2D eigenvalue weighted by molar-refractivity contribution is -0.127. The van der Waals surface area contributed by atoms with Crippen LogP contribution in [0.4, 0.5) is 4.39 Å². The molecule has 32 heavy (non-hydrogen) atoms. The molecule has 4 rings (SSSR count). The van der Waals surface area contributed by atoms with Crippen molar-refractivity contribution in [2.45, 2.75) is 103 Å². The minimum Gasteiger partial charge on any atom is -0.374 e. The topological polar surface area (TPSA) is 56.2 Å². The summed E-state index contributed by atoms with van der Waals surface area (Å²) in [6.45, 7) is 3.14. The molecular formula is C26H38FN3O2. The molecule has 2 aliphatic carbocycles. The van der Waals surface area contributed by atoms with Gasteiger partial charge in [0, 0.05) is 12.6 Å². The molecule has 2 fully saturated rings. The molecule has 6 heteroatoms. The molecular weight excluding hydrogens is 405 g/mol. The van der Waals surface area contributed by atoms with E-state index in [1.54, 1.807) is 6.07 Å². The van der Waals surface area contributed by atoms with Gasteiger partial charge in [0.15, 0.2) is 0 Å². The third-order valence-corrected chi connectivity index (χ3v) is 7.19. The van der Waals surface area contributed by atoms with Crippen molar-refractivity contribution in [1.29, 1.82) is 0 Å². The average Bonchev–Trinajstić information content (AvgIpc) is 3.15. The highest BCUT2D eigenvalue weighted by Gasteiger charge is 2.35. The van der Waals surface area contributed by atoms with Gasteiger partial charge in [-0.1, -0.05) is 51.9 Å². The Balaban J connectivity index is 1.69. The molecule has 1 unspecified atom stereocenters. The fraction of sp³-hybridized carbons (Fsp3) is 0.692. The number of aromatic nitrogens is 2. The summed E-state index contributed by atoms with van der Waals surface area (Å²) in [4.78, 5) is 18.6. The normalized spacial score (nSPS) is 19.3. The van der Waals surface area contributed by atoms with E-state index in [2.05, 4.69) is 12.2 Å². The van der Waals surface area contributed by atoms with Gasteiger partial charge in [0.2, 0.25) is 5.91 Å². The Morgan fingerprint density at radius 3 is 2.59 bits per heavy atom. The average molecular weight is 444 g/mol. The summed E-state index contributed by atoms with van der Waals surface area (Å²) in [7, 11) is 0. The Kier molecular flexibility index (Phi) is 8.17. The number of nitrogens with zero attached hydrogens (tertiary/aromatic N) is 2. The Morgan fingerprint density at radius 1 is 1.16 bits per heavy atom. The smallest absolute Gasteiger partial charge is 0.243 e. The molecule has 176 valence electrons. The number of nitrogens with one attached hydrogen (secondary N) is 1. The zero-order chi connectivity index (χ0) is 22.3. The Labute approximate surface area is 191 Å². The van der Waals surface area contributed by atoms with Crippen LogP contribution in [0, 0.1) is 11.7 Å². The monoisotopic (exact) mass is 443 g/mol. The first-order valence-corrected chi connectivity index (χ1v) is 12.7. The van der Waals surface area contributed by atoms with Crippen LogP contribution in [-0.2, 0) is 16.1 Å². The molecule has 0 bridgehead atoms. The van der Waals surface area contributed by atoms with E-state index in [0.29, 0.717) is 18.7 Å². The summed E-state index contributed by atoms with van der Waals surface area (Å²) >= 11 is 0. The highest BCUT2D eigenvalue weighted by Crippen LogP contribution is 2.36. The van der Waals surface area contributed by atoms with Gasteiger partial charge in [-0.15, -0.1) is 0 Å². The molecule has 1 heterocycles. The lowest BCUT2D eigenvalue weighted by atomic mass is 9.83. The number of imidazole rings is 1. The molecule has 2 aliphatic rings. The molecule has 0 radical (unpaired) electrons. The SMILES string of the molecule is CCCCOCc1nc2ccc(F)cc2n1C(C(=O)NC1CCCCC1)C1CCCCC1. The standard InChI is InChI=1S/C26H38FN3O2/c1-2-3-16-32-18-24-29-22-15-14-20(27)17-23(22)30(24)25(19-10-6-4-7-11-19)26(31)28-21-12-8-5-9-13-21/h14-15,17,19,21,25H,2-13,16,18H2,1H3,(H,28,31). The van der Waals surface area contributed by atoms with E-state index >= 15 is 0 Å². The van der Waals surface area contributed by atoms with Crippen molar-refractivity contribution >= 4 is 16.9 Å². The number of hydrogen-bond donors (Lipinski definition) is 1. The van der Waals surface area contributed by atoms with Crippen LogP contribution in [0.25, 0.3) is 11.0 Å². The predicted molar refractivity (Wildman–Crippen MR) is 125 cm³/mol. The van der Waals surface area contributed by atoms with Crippen LogP contribution >= 0.6 is 0 Å². The van der Waals surface area contributed by atoms with Crippen LogP contribution in [0.1, 0.15) is 95.8 Å². The third kappa shape index (κ3) is 5.51. The number of carbonyl (C=O) groups excluding carboxylic acids is 1. The highest BCUT2D eigenvalue weighted by atomic mass is 19.1. The predicted octanol–water partition coefficient (Wildman–Crippen LogP) is 6.06. The molecule has 1 atom stereocenters. The second-order valence-electron chi connectivity index (χ2n) is 9.62. The second-order valence-corrected chi connectivity index (χ2v) is 9.62. The molecule has 0 aliphatic heterocycles. The molecule has 0 spiro atoms.